The molecule has 0 aliphatic rings. The molecule has 5 heteroatoms. The van der Waals surface area contributed by atoms with E-state index in [-0.39, 0.29) is 18.2 Å². The van der Waals surface area contributed by atoms with Gasteiger partial charge >= 0.3 is 0 Å². The van der Waals surface area contributed by atoms with Crippen molar-refractivity contribution in [3.05, 3.63) is 65.7 Å². The van der Waals surface area contributed by atoms with Gasteiger partial charge in [-0.05, 0) is 30.3 Å². The second-order valence-electron chi connectivity index (χ2n) is 3.76. The van der Waals surface area contributed by atoms with Gasteiger partial charge in [-0.1, -0.05) is 0 Å². The highest BCUT2D eigenvalue weighted by Gasteiger charge is 2.07. The smallest absolute Gasteiger partial charge is 0.254 e. The van der Waals surface area contributed by atoms with Crippen molar-refractivity contribution in [2.24, 2.45) is 5.73 Å². The van der Waals surface area contributed by atoms with E-state index in [1.165, 1.54) is 12.1 Å². The van der Waals surface area contributed by atoms with Crippen molar-refractivity contribution in [3.63, 3.8) is 0 Å². The largest absolute Gasteiger partial charge is 1.00 e. The maximum Gasteiger partial charge on any atom is 0.254 e. The normalized spacial score (nSPS) is 9.61. The van der Waals surface area contributed by atoms with Crippen molar-refractivity contribution in [1.82, 2.24) is 0 Å². The first-order valence-electron chi connectivity index (χ1n) is 5.18. The summed E-state index contributed by atoms with van der Waals surface area (Å²) in [5.74, 6) is -0.719. The maximum absolute atomic E-state index is 12.7. The fourth-order valence-electron chi connectivity index (χ4n) is 1.57. The second-order valence-corrected chi connectivity index (χ2v) is 3.76. The third-order valence-corrected chi connectivity index (χ3v) is 2.42. The Morgan fingerprint density at radius 3 is 2.50 bits per heavy atom. The third-order valence-electron chi connectivity index (χ3n) is 2.42. The highest BCUT2D eigenvalue weighted by molar-refractivity contribution is 5.92. The quantitative estimate of drug-likeness (QED) is 0.659. The van der Waals surface area contributed by atoms with Crippen LogP contribution in [0.5, 0.6) is 0 Å². The van der Waals surface area contributed by atoms with Gasteiger partial charge < -0.3 is 18.1 Å². The van der Waals surface area contributed by atoms with Crippen LogP contribution in [-0.4, -0.2) is 5.91 Å². The molecule has 18 heavy (non-hydrogen) atoms. The van der Waals surface area contributed by atoms with Crippen molar-refractivity contribution in [1.29, 1.82) is 0 Å². The summed E-state index contributed by atoms with van der Waals surface area (Å²) in [6, 6.07) is 9.65. The fourth-order valence-corrected chi connectivity index (χ4v) is 1.57. The van der Waals surface area contributed by atoms with Crippen LogP contribution in [0.25, 0.3) is 0 Å². The molecule has 0 atom stereocenters. The predicted octanol–water partition coefficient (Wildman–Crippen LogP) is -1.74. The van der Waals surface area contributed by atoms with Gasteiger partial charge in [0.2, 0.25) is 0 Å². The number of carbonyl (C=O) groups is 1. The number of rotatable bonds is 3. The molecule has 0 saturated carbocycles. The van der Waals surface area contributed by atoms with E-state index >= 15 is 0 Å². The molecule has 0 fully saturated rings. The van der Waals surface area contributed by atoms with E-state index < -0.39 is 5.91 Å². The van der Waals surface area contributed by atoms with Gasteiger partial charge in [-0.15, -0.1) is 0 Å². The molecule has 0 spiro atoms. The molecule has 1 heterocycles. The minimum atomic E-state index is -0.460. The van der Waals surface area contributed by atoms with Crippen molar-refractivity contribution in [2.45, 2.75) is 6.54 Å². The highest BCUT2D eigenvalue weighted by Crippen LogP contribution is 2.02. The van der Waals surface area contributed by atoms with Crippen LogP contribution in [0.4, 0.5) is 4.39 Å². The van der Waals surface area contributed by atoms with Gasteiger partial charge in [-0.3, -0.25) is 4.79 Å². The first kappa shape index (κ1) is 14.1. The van der Waals surface area contributed by atoms with E-state index in [4.69, 9.17) is 5.73 Å². The Bertz CT molecular complexity index is 543. The minimum Gasteiger partial charge on any atom is -1.00 e. The molecule has 0 saturated heterocycles. The Labute approximate surface area is 110 Å². The Morgan fingerprint density at radius 1 is 1.22 bits per heavy atom. The molecular weight excluding hydrogens is 255 g/mol. The van der Waals surface area contributed by atoms with Gasteiger partial charge in [0.25, 0.3) is 5.91 Å². The number of hydrogen-bond donors (Lipinski definition) is 1. The zero-order chi connectivity index (χ0) is 12.3. The second kappa shape index (κ2) is 6.12. The monoisotopic (exact) mass is 266 g/mol. The van der Waals surface area contributed by atoms with Crippen LogP contribution >= 0.6 is 0 Å². The summed E-state index contributed by atoms with van der Waals surface area (Å²) < 4.78 is 14.6. The number of nitrogens with two attached hydrogens (primary N) is 1. The number of pyridine rings is 1. The van der Waals surface area contributed by atoms with Gasteiger partial charge in [0.15, 0.2) is 18.9 Å². The van der Waals surface area contributed by atoms with Crippen LogP contribution in [0, 0.1) is 5.82 Å². The van der Waals surface area contributed by atoms with E-state index in [0.29, 0.717) is 12.1 Å². The Hall–Kier alpha value is -1.94. The molecule has 94 valence electrons. The number of amides is 1. The number of hydrogen-bond acceptors (Lipinski definition) is 1. The average Bonchev–Trinajstić information content (AvgIpc) is 2.32. The van der Waals surface area contributed by atoms with Crippen LogP contribution in [0.1, 0.15) is 15.9 Å². The molecule has 3 nitrogen and oxygen atoms in total. The summed E-state index contributed by atoms with van der Waals surface area (Å²) >= 11 is 0. The summed E-state index contributed by atoms with van der Waals surface area (Å²) in [6.45, 7) is 0.571. The van der Waals surface area contributed by atoms with Gasteiger partial charge in [0.1, 0.15) is 11.4 Å². The van der Waals surface area contributed by atoms with Crippen LogP contribution in [0.3, 0.4) is 0 Å². The first-order valence-corrected chi connectivity index (χ1v) is 5.18. The molecule has 0 radical (unpaired) electrons. The van der Waals surface area contributed by atoms with Crippen molar-refractivity contribution in [3.8, 4) is 0 Å². The van der Waals surface area contributed by atoms with Crippen LogP contribution < -0.4 is 22.7 Å². The lowest BCUT2D eigenvalue weighted by atomic mass is 10.2. The molecule has 0 bridgehead atoms. The molecule has 0 aliphatic heterocycles. The van der Waals surface area contributed by atoms with Gasteiger partial charge in [-0.25, -0.2) is 4.39 Å². The van der Waals surface area contributed by atoms with Gasteiger partial charge in [0, 0.05) is 11.6 Å². The molecule has 1 amide bonds. The van der Waals surface area contributed by atoms with Crippen LogP contribution in [0.2, 0.25) is 0 Å². The molecule has 2 rings (SSSR count). The zero-order valence-corrected chi connectivity index (χ0v) is 10.3. The van der Waals surface area contributed by atoms with E-state index in [9.17, 15) is 9.18 Å². The number of benzene rings is 1. The van der Waals surface area contributed by atoms with Gasteiger partial charge in [-0.2, -0.15) is 4.57 Å². The van der Waals surface area contributed by atoms with Crippen molar-refractivity contribution < 1.29 is 26.2 Å². The van der Waals surface area contributed by atoms with Crippen molar-refractivity contribution >= 4 is 5.91 Å². The molecule has 0 aliphatic carbocycles. The summed E-state index contributed by atoms with van der Waals surface area (Å²) in [7, 11) is 0. The summed E-state index contributed by atoms with van der Waals surface area (Å²) in [5, 5.41) is 0. The Morgan fingerprint density at radius 2 is 1.89 bits per heavy atom. The van der Waals surface area contributed by atoms with Crippen molar-refractivity contribution in [2.75, 3.05) is 0 Å². The standard InChI is InChI=1S/C13H11FN2O.ClH/c14-12-5-3-10(4-6-12)8-16-7-1-2-11(9-16)13(15)17;/h1-7,9H,8H2,(H-,15,17);1H. The fraction of sp³-hybridized carbons (Fsp3) is 0.0769. The minimum absolute atomic E-state index is 0. The SMILES string of the molecule is NC(=O)c1ccc[n+](Cc2ccc(F)cc2)c1.[Cl-]. The number of primary amides is 1. The number of carbonyl (C=O) groups excluding carboxylic acids is 1. The van der Waals surface area contributed by atoms with E-state index in [0.717, 1.165) is 5.56 Å². The molecular formula is C13H12ClFN2O. The maximum atomic E-state index is 12.7. The molecule has 0 unspecified atom stereocenters. The summed E-state index contributed by atoms with van der Waals surface area (Å²) in [6.07, 6.45) is 3.50. The van der Waals surface area contributed by atoms with Crippen LogP contribution in [0.15, 0.2) is 48.8 Å². The predicted molar refractivity (Wildman–Crippen MR) is 60.7 cm³/mol. The zero-order valence-electron chi connectivity index (χ0n) is 9.51. The lowest BCUT2D eigenvalue weighted by Crippen LogP contribution is -3.00. The molecule has 2 aromatic rings. The Balaban J connectivity index is 0.00000162. The van der Waals surface area contributed by atoms with E-state index in [1.54, 1.807) is 30.5 Å². The molecule has 1 aromatic heterocycles. The lowest BCUT2D eigenvalue weighted by molar-refractivity contribution is -0.688. The highest BCUT2D eigenvalue weighted by atomic mass is 35.5. The number of aromatic nitrogens is 1. The van der Waals surface area contributed by atoms with E-state index in [1.807, 2.05) is 10.8 Å². The number of halogens is 2. The van der Waals surface area contributed by atoms with Gasteiger partial charge in [0.05, 0.1) is 0 Å². The summed E-state index contributed by atoms with van der Waals surface area (Å²) in [4.78, 5) is 11.0. The molecule has 1 aromatic carbocycles. The lowest BCUT2D eigenvalue weighted by Gasteiger charge is -1.99. The number of nitrogens with zero attached hydrogens (tertiary/aromatic N) is 1. The Kier molecular flexibility index (Phi) is 4.80. The third kappa shape index (κ3) is 3.53. The van der Waals surface area contributed by atoms with E-state index in [2.05, 4.69) is 0 Å². The summed E-state index contributed by atoms with van der Waals surface area (Å²) in [5.41, 5.74) is 6.60. The van der Waals surface area contributed by atoms with Crippen LogP contribution in [-0.2, 0) is 6.54 Å². The first-order chi connectivity index (χ1) is 8.15. The molecule has 2 N–H and O–H groups in total. The average molecular weight is 267 g/mol. The topological polar surface area (TPSA) is 47.0 Å².